The summed E-state index contributed by atoms with van der Waals surface area (Å²) in [4.78, 5) is 22.3. The van der Waals surface area contributed by atoms with Crippen molar-refractivity contribution in [3.63, 3.8) is 0 Å². The third-order valence-electron chi connectivity index (χ3n) is 2.87. The Morgan fingerprint density at radius 2 is 1.11 bits per heavy atom. The lowest BCUT2D eigenvalue weighted by Gasteiger charge is -2.33. The van der Waals surface area contributed by atoms with Gasteiger partial charge in [-0.1, -0.05) is 0 Å². The van der Waals surface area contributed by atoms with Crippen LogP contribution in [0.4, 0.5) is 0 Å². The van der Waals surface area contributed by atoms with Gasteiger partial charge >= 0.3 is 11.9 Å². The van der Waals surface area contributed by atoms with Crippen LogP contribution < -0.4 is 0 Å². The second-order valence-electron chi connectivity index (χ2n) is 5.77. The molecule has 5 nitrogen and oxygen atoms in total. The first kappa shape index (κ1) is 18.3. The number of hydrogen-bond donors (Lipinski definition) is 0. The van der Waals surface area contributed by atoms with Crippen LogP contribution in [-0.4, -0.2) is 42.8 Å². The summed E-state index contributed by atoms with van der Waals surface area (Å²) < 4.78 is 15.6. The van der Waals surface area contributed by atoms with Gasteiger partial charge in [-0.2, -0.15) is 0 Å². The lowest BCUT2D eigenvalue weighted by atomic mass is 10.5. The SMILES string of the molecule is COC(=O)CC[Si](C)(C)O[Si](C)(C)CCC(=O)OC. The molecule has 0 N–H and O–H groups in total. The number of carbonyl (C=O) groups excluding carboxylic acids is 2. The molecule has 0 aliphatic carbocycles. The second kappa shape index (κ2) is 7.81. The molecule has 0 aromatic heterocycles. The number of hydrogen-bond acceptors (Lipinski definition) is 5. The van der Waals surface area contributed by atoms with E-state index in [1.807, 2.05) is 0 Å². The molecular formula is C12H26O5Si2. The highest BCUT2D eigenvalue weighted by Gasteiger charge is 2.33. The Labute approximate surface area is 117 Å². The summed E-state index contributed by atoms with van der Waals surface area (Å²) in [6, 6.07) is 1.49. The summed E-state index contributed by atoms with van der Waals surface area (Å²) in [5.74, 6) is -0.392. The van der Waals surface area contributed by atoms with E-state index in [-0.39, 0.29) is 11.9 Å². The van der Waals surface area contributed by atoms with Gasteiger partial charge in [-0.25, -0.2) is 0 Å². The van der Waals surface area contributed by atoms with Crippen LogP contribution in [0.25, 0.3) is 0 Å². The average molecular weight is 307 g/mol. The Morgan fingerprint density at radius 3 is 1.37 bits per heavy atom. The number of carbonyl (C=O) groups is 2. The summed E-state index contributed by atoms with van der Waals surface area (Å²) in [6.07, 6.45) is 0.800. The molecule has 112 valence electrons. The van der Waals surface area contributed by atoms with Crippen LogP contribution in [0, 0.1) is 0 Å². The maximum atomic E-state index is 11.2. The highest BCUT2D eigenvalue weighted by atomic mass is 28.4. The number of rotatable bonds is 8. The molecule has 7 heteroatoms. The molecule has 0 atom stereocenters. The minimum atomic E-state index is -1.89. The molecule has 0 unspecified atom stereocenters. The topological polar surface area (TPSA) is 61.8 Å². The zero-order valence-electron chi connectivity index (χ0n) is 12.9. The summed E-state index contributed by atoms with van der Waals surface area (Å²) in [5.41, 5.74) is 0. The third kappa shape index (κ3) is 8.95. The standard InChI is InChI=1S/C12H26O5Si2/c1-15-11(13)7-9-18(3,4)17-19(5,6)10-8-12(14)16-2/h7-10H2,1-6H3. The van der Waals surface area contributed by atoms with Crippen molar-refractivity contribution in [1.29, 1.82) is 0 Å². The van der Waals surface area contributed by atoms with Gasteiger partial charge in [-0.05, 0) is 38.3 Å². The van der Waals surface area contributed by atoms with Crippen LogP contribution in [-0.2, 0) is 23.2 Å². The second-order valence-corrected chi connectivity index (χ2v) is 14.6. The van der Waals surface area contributed by atoms with Crippen molar-refractivity contribution >= 4 is 28.6 Å². The Bertz CT molecular complexity index is 285. The van der Waals surface area contributed by atoms with Gasteiger partial charge in [-0.3, -0.25) is 9.59 Å². The van der Waals surface area contributed by atoms with Crippen LogP contribution in [0.5, 0.6) is 0 Å². The molecule has 0 saturated carbocycles. The van der Waals surface area contributed by atoms with Gasteiger partial charge in [0.25, 0.3) is 0 Å². The molecule has 0 aliphatic rings. The van der Waals surface area contributed by atoms with Crippen LogP contribution in [0.1, 0.15) is 12.8 Å². The van der Waals surface area contributed by atoms with Gasteiger partial charge < -0.3 is 13.6 Å². The molecular weight excluding hydrogens is 280 g/mol. The highest BCUT2D eigenvalue weighted by molar-refractivity contribution is 6.85. The predicted molar refractivity (Wildman–Crippen MR) is 78.9 cm³/mol. The summed E-state index contributed by atoms with van der Waals surface area (Å²) in [5, 5.41) is 0. The van der Waals surface area contributed by atoms with Crippen molar-refractivity contribution in [2.24, 2.45) is 0 Å². The molecule has 0 fully saturated rings. The van der Waals surface area contributed by atoms with E-state index in [1.54, 1.807) is 0 Å². The first-order chi connectivity index (χ1) is 8.62. The molecule has 0 saturated heterocycles. The molecule has 0 heterocycles. The van der Waals surface area contributed by atoms with E-state index in [0.717, 1.165) is 12.1 Å². The van der Waals surface area contributed by atoms with Crippen LogP contribution >= 0.6 is 0 Å². The van der Waals surface area contributed by atoms with Gasteiger partial charge in [0.15, 0.2) is 16.6 Å². The van der Waals surface area contributed by atoms with Gasteiger partial charge in [0.1, 0.15) is 0 Å². The van der Waals surface area contributed by atoms with Gasteiger partial charge in [-0.15, -0.1) is 0 Å². The number of esters is 2. The van der Waals surface area contributed by atoms with Crippen molar-refractivity contribution in [3.05, 3.63) is 0 Å². The lowest BCUT2D eigenvalue weighted by molar-refractivity contribution is -0.141. The predicted octanol–water partition coefficient (Wildman–Crippen LogP) is 2.54. The molecule has 0 radical (unpaired) electrons. The average Bonchev–Trinajstić information content (AvgIpc) is 2.31. The maximum Gasteiger partial charge on any atom is 0.305 e. The molecule has 0 aromatic carbocycles. The fourth-order valence-corrected chi connectivity index (χ4v) is 10.3. The Morgan fingerprint density at radius 1 is 0.789 bits per heavy atom. The first-order valence-corrected chi connectivity index (χ1v) is 12.7. The van der Waals surface area contributed by atoms with E-state index in [4.69, 9.17) is 4.12 Å². The quantitative estimate of drug-likeness (QED) is 0.509. The normalized spacial score (nSPS) is 12.1. The fourth-order valence-electron chi connectivity index (χ4n) is 1.86. The van der Waals surface area contributed by atoms with Gasteiger partial charge in [0.05, 0.1) is 14.2 Å². The molecule has 0 spiro atoms. The maximum absolute atomic E-state index is 11.2. The first-order valence-electron chi connectivity index (χ1n) is 6.46. The van der Waals surface area contributed by atoms with Gasteiger partial charge in [0.2, 0.25) is 0 Å². The van der Waals surface area contributed by atoms with Crippen molar-refractivity contribution in [1.82, 2.24) is 0 Å². The zero-order chi connectivity index (χ0) is 15.1. The molecule has 0 aliphatic heterocycles. The monoisotopic (exact) mass is 306 g/mol. The van der Waals surface area contributed by atoms with E-state index >= 15 is 0 Å². The molecule has 0 bridgehead atoms. The number of methoxy groups -OCH3 is 2. The van der Waals surface area contributed by atoms with E-state index in [0.29, 0.717) is 12.8 Å². The summed E-state index contributed by atoms with van der Waals surface area (Å²) in [7, 11) is -0.991. The van der Waals surface area contributed by atoms with Gasteiger partial charge in [0, 0.05) is 12.8 Å². The Hall–Kier alpha value is -0.666. The Balaban J connectivity index is 4.28. The lowest BCUT2D eigenvalue weighted by Crippen LogP contribution is -2.44. The fraction of sp³-hybridized carbons (Fsp3) is 0.833. The Kier molecular flexibility index (Phi) is 7.54. The summed E-state index contributed by atoms with van der Waals surface area (Å²) in [6.45, 7) is 8.40. The van der Waals surface area contributed by atoms with Crippen LogP contribution in [0.3, 0.4) is 0 Å². The van der Waals surface area contributed by atoms with E-state index in [9.17, 15) is 9.59 Å². The minimum Gasteiger partial charge on any atom is -0.469 e. The van der Waals surface area contributed by atoms with Crippen molar-refractivity contribution in [2.45, 2.75) is 51.1 Å². The minimum absolute atomic E-state index is 0.196. The molecule has 0 rings (SSSR count). The van der Waals surface area contributed by atoms with Crippen molar-refractivity contribution < 1.29 is 23.2 Å². The van der Waals surface area contributed by atoms with Crippen molar-refractivity contribution in [3.8, 4) is 0 Å². The van der Waals surface area contributed by atoms with Crippen LogP contribution in [0.15, 0.2) is 0 Å². The van der Waals surface area contributed by atoms with Crippen LogP contribution in [0.2, 0.25) is 38.3 Å². The molecule has 0 amide bonds. The molecule has 0 aromatic rings. The summed E-state index contributed by atoms with van der Waals surface area (Å²) >= 11 is 0. The molecule has 19 heavy (non-hydrogen) atoms. The van der Waals surface area contributed by atoms with E-state index < -0.39 is 16.6 Å². The number of ether oxygens (including phenoxy) is 2. The highest BCUT2D eigenvalue weighted by Crippen LogP contribution is 2.24. The van der Waals surface area contributed by atoms with E-state index in [2.05, 4.69) is 35.7 Å². The zero-order valence-corrected chi connectivity index (χ0v) is 14.9. The third-order valence-corrected chi connectivity index (χ3v) is 10.2. The smallest absolute Gasteiger partial charge is 0.305 e. The largest absolute Gasteiger partial charge is 0.469 e. The van der Waals surface area contributed by atoms with Crippen molar-refractivity contribution in [2.75, 3.05) is 14.2 Å². The van der Waals surface area contributed by atoms with E-state index in [1.165, 1.54) is 14.2 Å².